The highest BCUT2D eigenvalue weighted by atomic mass is 35.5. The number of anilines is 1. The molecule has 0 spiro atoms. The van der Waals surface area contributed by atoms with Crippen LogP contribution < -0.4 is 10.2 Å². The average molecular weight is 532 g/mol. The number of nitrogens with zero attached hydrogens (tertiary/aromatic N) is 3. The molecule has 6 nitrogen and oxygen atoms in total. The summed E-state index contributed by atoms with van der Waals surface area (Å²) in [5, 5.41) is 3.57. The van der Waals surface area contributed by atoms with Crippen molar-refractivity contribution in [2.75, 3.05) is 18.0 Å². The van der Waals surface area contributed by atoms with Crippen molar-refractivity contribution in [3.8, 4) is 0 Å². The predicted octanol–water partition coefficient (Wildman–Crippen LogP) is 4.40. The third-order valence-corrected chi connectivity index (χ3v) is 9.42. The summed E-state index contributed by atoms with van der Waals surface area (Å²) in [5.41, 5.74) is 4.69. The van der Waals surface area contributed by atoms with E-state index in [1.54, 1.807) is 0 Å². The van der Waals surface area contributed by atoms with Crippen LogP contribution in [0, 0.1) is 0 Å². The van der Waals surface area contributed by atoms with E-state index in [0.717, 1.165) is 25.3 Å². The van der Waals surface area contributed by atoms with Crippen LogP contribution in [0.2, 0.25) is 10.0 Å². The minimum Gasteiger partial charge on any atom is -0.367 e. The van der Waals surface area contributed by atoms with Gasteiger partial charge in [-0.1, -0.05) is 47.5 Å². The fourth-order valence-corrected chi connectivity index (χ4v) is 7.16. The molecule has 0 radical (unpaired) electrons. The monoisotopic (exact) mass is 530 g/mol. The fraction of sp³-hybridized carbons (Fsp3) is 0.462. The van der Waals surface area contributed by atoms with Gasteiger partial charge in [0.05, 0.1) is 27.1 Å². The Hall–Kier alpha value is -1.77. The first kappa shape index (κ1) is 23.6. The van der Waals surface area contributed by atoms with Crippen LogP contribution in [-0.2, 0) is 22.7 Å². The molecule has 9 heteroatoms. The Morgan fingerprint density at radius 2 is 1.80 bits per heavy atom. The molecule has 4 atom stereocenters. The van der Waals surface area contributed by atoms with Crippen molar-refractivity contribution < 1.29 is 9.59 Å². The number of nitrogens with one attached hydrogen (secondary N) is 1. The summed E-state index contributed by atoms with van der Waals surface area (Å²) in [4.78, 5) is 31.1. The van der Waals surface area contributed by atoms with Crippen molar-refractivity contribution >= 4 is 53.3 Å². The highest BCUT2D eigenvalue weighted by molar-refractivity contribution is 7.80. The zero-order valence-corrected chi connectivity index (χ0v) is 21.7. The first-order valence-electron chi connectivity index (χ1n) is 12.2. The average Bonchev–Trinajstić information content (AvgIpc) is 3.26. The predicted molar refractivity (Wildman–Crippen MR) is 141 cm³/mol. The summed E-state index contributed by atoms with van der Waals surface area (Å²) in [6.45, 7) is 3.47. The quantitative estimate of drug-likeness (QED) is 0.453. The van der Waals surface area contributed by atoms with E-state index in [0.29, 0.717) is 41.5 Å². The van der Waals surface area contributed by atoms with Gasteiger partial charge < -0.3 is 4.90 Å². The van der Waals surface area contributed by atoms with Crippen molar-refractivity contribution in [3.05, 3.63) is 63.1 Å². The lowest BCUT2D eigenvalue weighted by Crippen LogP contribution is -2.53. The van der Waals surface area contributed by atoms with Gasteiger partial charge in [-0.2, -0.15) is 12.6 Å². The summed E-state index contributed by atoms with van der Waals surface area (Å²) >= 11 is 17.7. The second-order valence-corrected chi connectivity index (χ2v) is 11.4. The van der Waals surface area contributed by atoms with Crippen molar-refractivity contribution in [1.29, 1.82) is 0 Å². The number of carbonyl (C=O) groups excluding carboxylic acids is 2. The molecule has 6 rings (SSSR count). The van der Waals surface area contributed by atoms with E-state index in [2.05, 4.69) is 44.3 Å². The summed E-state index contributed by atoms with van der Waals surface area (Å²) in [5.74, 6) is -0.393. The maximum atomic E-state index is 12.4. The van der Waals surface area contributed by atoms with E-state index in [9.17, 15) is 9.59 Å². The smallest absolute Gasteiger partial charge is 0.243 e. The van der Waals surface area contributed by atoms with Crippen LogP contribution in [0.5, 0.6) is 0 Å². The molecule has 2 aromatic carbocycles. The van der Waals surface area contributed by atoms with Gasteiger partial charge in [-0.3, -0.25) is 24.7 Å². The number of benzene rings is 2. The number of fused-ring (bicyclic) bond motifs is 3. The lowest BCUT2D eigenvalue weighted by molar-refractivity contribution is -0.137. The van der Waals surface area contributed by atoms with Crippen molar-refractivity contribution in [1.82, 2.24) is 15.1 Å². The zero-order valence-electron chi connectivity index (χ0n) is 19.3. The van der Waals surface area contributed by atoms with Gasteiger partial charge >= 0.3 is 0 Å². The lowest BCUT2D eigenvalue weighted by atomic mass is 10.0. The van der Waals surface area contributed by atoms with E-state index in [4.69, 9.17) is 35.8 Å². The molecule has 35 heavy (non-hydrogen) atoms. The van der Waals surface area contributed by atoms with Gasteiger partial charge in [0.1, 0.15) is 0 Å². The third-order valence-electron chi connectivity index (χ3n) is 8.04. The molecule has 184 valence electrons. The normalized spacial score (nSPS) is 28.9. The molecule has 4 aliphatic rings. The number of imide groups is 1. The van der Waals surface area contributed by atoms with E-state index >= 15 is 0 Å². The number of piperazine rings is 1. The molecule has 4 aliphatic heterocycles. The summed E-state index contributed by atoms with van der Waals surface area (Å²) in [7, 11) is 0. The van der Waals surface area contributed by atoms with Gasteiger partial charge in [-0.15, -0.1) is 0 Å². The van der Waals surface area contributed by atoms with Crippen LogP contribution in [0.4, 0.5) is 5.69 Å². The van der Waals surface area contributed by atoms with Crippen LogP contribution in [-0.4, -0.2) is 52.8 Å². The Kier molecular flexibility index (Phi) is 6.26. The van der Waals surface area contributed by atoms with E-state index in [1.807, 2.05) is 12.1 Å². The summed E-state index contributed by atoms with van der Waals surface area (Å²) in [6, 6.07) is 13.2. The molecule has 0 saturated carbocycles. The number of piperidine rings is 1. The number of halogens is 2. The fourth-order valence-electron chi connectivity index (χ4n) is 6.26. The molecule has 3 saturated heterocycles. The largest absolute Gasteiger partial charge is 0.367 e. The van der Waals surface area contributed by atoms with Crippen LogP contribution >= 0.6 is 35.8 Å². The molecule has 2 aromatic rings. The van der Waals surface area contributed by atoms with Crippen LogP contribution in [0.1, 0.15) is 47.7 Å². The van der Waals surface area contributed by atoms with E-state index in [-0.39, 0.29) is 23.2 Å². The van der Waals surface area contributed by atoms with Gasteiger partial charge in [0.2, 0.25) is 11.8 Å². The van der Waals surface area contributed by atoms with Crippen LogP contribution in [0.15, 0.2) is 36.4 Å². The SMILES string of the molecule is O=C1CCC(N2Cc3ccc(CN4C5CCC4CN(c4cccc(Cl)c4Cl)C5)cc3C2S)C(=O)N1. The molecular weight excluding hydrogens is 503 g/mol. The minimum atomic E-state index is -0.312. The topological polar surface area (TPSA) is 55.9 Å². The van der Waals surface area contributed by atoms with Gasteiger partial charge in [-0.25, -0.2) is 0 Å². The molecule has 0 aliphatic carbocycles. The number of rotatable bonds is 4. The zero-order chi connectivity index (χ0) is 24.3. The molecular formula is C26H28Cl2N4O2S. The highest BCUT2D eigenvalue weighted by Gasteiger charge is 2.41. The molecule has 1 N–H and O–H groups in total. The molecule has 2 bridgehead atoms. The van der Waals surface area contributed by atoms with Gasteiger partial charge in [0.15, 0.2) is 0 Å². The summed E-state index contributed by atoms with van der Waals surface area (Å²) in [6.07, 6.45) is 3.29. The number of hydrogen-bond donors (Lipinski definition) is 2. The maximum Gasteiger partial charge on any atom is 0.243 e. The van der Waals surface area contributed by atoms with Gasteiger partial charge in [0.25, 0.3) is 0 Å². The number of carbonyl (C=O) groups is 2. The highest BCUT2D eigenvalue weighted by Crippen LogP contribution is 2.41. The van der Waals surface area contributed by atoms with Crippen LogP contribution in [0.25, 0.3) is 0 Å². The Labute approximate surface area is 220 Å². The first-order chi connectivity index (χ1) is 16.9. The van der Waals surface area contributed by atoms with E-state index in [1.165, 1.54) is 29.5 Å². The number of thiol groups is 1. The molecule has 2 amide bonds. The molecule has 0 aromatic heterocycles. The second-order valence-electron chi connectivity index (χ2n) is 10.1. The van der Waals surface area contributed by atoms with Crippen molar-refractivity contribution in [2.24, 2.45) is 0 Å². The van der Waals surface area contributed by atoms with Crippen molar-refractivity contribution in [3.63, 3.8) is 0 Å². The number of hydrogen-bond acceptors (Lipinski definition) is 6. The first-order valence-corrected chi connectivity index (χ1v) is 13.5. The molecule has 4 unspecified atom stereocenters. The lowest BCUT2D eigenvalue weighted by Gasteiger charge is -2.42. The Balaban J connectivity index is 1.16. The van der Waals surface area contributed by atoms with Gasteiger partial charge in [-0.05, 0) is 48.1 Å². The molecule has 3 fully saturated rings. The van der Waals surface area contributed by atoms with E-state index < -0.39 is 0 Å². The van der Waals surface area contributed by atoms with Gasteiger partial charge in [0, 0.05) is 44.7 Å². The Morgan fingerprint density at radius 3 is 2.54 bits per heavy atom. The van der Waals surface area contributed by atoms with Crippen LogP contribution in [0.3, 0.4) is 0 Å². The second kappa shape index (κ2) is 9.27. The Morgan fingerprint density at radius 1 is 1.03 bits per heavy atom. The Bertz CT molecular complexity index is 1180. The summed E-state index contributed by atoms with van der Waals surface area (Å²) < 4.78 is 0. The standard InChI is InChI=1S/C26H28Cl2N4O2S/c27-20-2-1-3-21(24(20)28)30-13-17-6-7-18(14-30)31(17)11-15-4-5-16-12-32(26(35)19(16)10-15)22-8-9-23(33)29-25(22)34/h1-5,10,17-18,22,26,35H,6-9,11-14H2,(H,29,33,34). The van der Waals surface area contributed by atoms with Crippen molar-refractivity contribution in [2.45, 2.75) is 62.3 Å². The minimum absolute atomic E-state index is 0.146. The maximum absolute atomic E-state index is 12.4. The number of amides is 2. The molecule has 4 heterocycles. The third kappa shape index (κ3) is 4.25.